The van der Waals surface area contributed by atoms with E-state index in [0.29, 0.717) is 0 Å². The molecule has 1 heterocycles. The summed E-state index contributed by atoms with van der Waals surface area (Å²) < 4.78 is 39.1. The molecule has 7 heteroatoms. The van der Waals surface area contributed by atoms with Gasteiger partial charge in [0.15, 0.2) is 0 Å². The highest BCUT2D eigenvalue weighted by Gasteiger charge is 2.24. The molecular formula is C9H12F3N3O. The first-order chi connectivity index (χ1) is 7.20. The van der Waals surface area contributed by atoms with Gasteiger partial charge in [-0.25, -0.2) is 13.2 Å². The van der Waals surface area contributed by atoms with Gasteiger partial charge in [-0.3, -0.25) is 9.48 Å². The predicted molar refractivity (Wildman–Crippen MR) is 50.9 cm³/mol. The molecule has 0 spiro atoms. The van der Waals surface area contributed by atoms with Crippen molar-refractivity contribution in [3.63, 3.8) is 0 Å². The maximum absolute atomic E-state index is 13.3. The van der Waals surface area contributed by atoms with Gasteiger partial charge in [0.25, 0.3) is 12.3 Å². The maximum Gasteiger partial charge on any atom is 0.282 e. The second kappa shape index (κ2) is 4.15. The lowest BCUT2D eigenvalue weighted by Gasteiger charge is -2.13. The third-order valence-corrected chi connectivity index (χ3v) is 1.80. The van der Waals surface area contributed by atoms with Crippen molar-refractivity contribution in [2.24, 2.45) is 5.73 Å². The molecule has 4 nitrogen and oxygen atoms in total. The van der Waals surface area contributed by atoms with Crippen molar-refractivity contribution >= 4 is 5.91 Å². The summed E-state index contributed by atoms with van der Waals surface area (Å²) in [5.41, 5.74) is 2.21. The zero-order chi connectivity index (χ0) is 12.5. The van der Waals surface area contributed by atoms with Gasteiger partial charge in [0.2, 0.25) is 0 Å². The zero-order valence-electron chi connectivity index (χ0n) is 8.88. The number of nitrogens with two attached hydrogens (primary N) is 1. The molecule has 90 valence electrons. The van der Waals surface area contributed by atoms with E-state index < -0.39 is 23.7 Å². The minimum absolute atomic E-state index is 0.222. The summed E-state index contributed by atoms with van der Waals surface area (Å²) in [5.74, 6) is -1.00. The quantitative estimate of drug-likeness (QED) is 0.862. The van der Waals surface area contributed by atoms with Crippen LogP contribution in [0.2, 0.25) is 0 Å². The molecule has 0 saturated heterocycles. The second-order valence-corrected chi connectivity index (χ2v) is 4.01. The van der Waals surface area contributed by atoms with Crippen LogP contribution in [-0.4, -0.2) is 21.4 Å². The van der Waals surface area contributed by atoms with Crippen LogP contribution in [0.4, 0.5) is 13.2 Å². The molecule has 0 bridgehead atoms. The number of hydrogen-bond acceptors (Lipinski definition) is 2. The van der Waals surface area contributed by atoms with Crippen molar-refractivity contribution in [3.8, 4) is 0 Å². The van der Waals surface area contributed by atoms with Crippen molar-refractivity contribution in [1.29, 1.82) is 0 Å². The van der Waals surface area contributed by atoms with Crippen molar-refractivity contribution in [2.45, 2.75) is 32.5 Å². The summed E-state index contributed by atoms with van der Waals surface area (Å²) in [7, 11) is 0. The van der Waals surface area contributed by atoms with Crippen molar-refractivity contribution in [2.75, 3.05) is 0 Å². The summed E-state index contributed by atoms with van der Waals surface area (Å²) in [6.07, 6.45) is -1.88. The van der Waals surface area contributed by atoms with Gasteiger partial charge < -0.3 is 5.73 Å². The topological polar surface area (TPSA) is 60.9 Å². The normalized spacial score (nSPS) is 12.1. The standard InChI is InChI=1S/C9H12F3N3O/c1-9(2,12)4-15-3-5(8(13)16)6(14-15)7(10)11/h3,7H,4H2,1-2H3,(H2,13,16). The summed E-state index contributed by atoms with van der Waals surface area (Å²) in [4.78, 5) is 10.8. The molecule has 2 N–H and O–H groups in total. The zero-order valence-corrected chi connectivity index (χ0v) is 8.88. The van der Waals surface area contributed by atoms with Crippen LogP contribution in [0.25, 0.3) is 0 Å². The largest absolute Gasteiger partial charge is 0.365 e. The highest BCUT2D eigenvalue weighted by Crippen LogP contribution is 2.22. The Bertz CT molecular complexity index is 395. The Morgan fingerprint density at radius 1 is 1.62 bits per heavy atom. The Morgan fingerprint density at radius 3 is 2.50 bits per heavy atom. The monoisotopic (exact) mass is 235 g/mol. The van der Waals surface area contributed by atoms with Crippen LogP contribution in [0.1, 0.15) is 36.3 Å². The van der Waals surface area contributed by atoms with E-state index in [1.54, 1.807) is 0 Å². The van der Waals surface area contributed by atoms with Crippen LogP contribution in [0.15, 0.2) is 6.20 Å². The van der Waals surface area contributed by atoms with E-state index in [9.17, 15) is 18.0 Å². The molecule has 0 radical (unpaired) electrons. The van der Waals surface area contributed by atoms with Crippen LogP contribution in [-0.2, 0) is 6.54 Å². The number of primary amides is 1. The number of halogens is 3. The van der Waals surface area contributed by atoms with E-state index in [1.807, 2.05) is 0 Å². The lowest BCUT2D eigenvalue weighted by Crippen LogP contribution is -2.21. The Kier molecular flexibility index (Phi) is 3.25. The first-order valence-electron chi connectivity index (χ1n) is 4.55. The van der Waals surface area contributed by atoms with Crippen LogP contribution in [0.5, 0.6) is 0 Å². The van der Waals surface area contributed by atoms with Crippen LogP contribution in [0.3, 0.4) is 0 Å². The van der Waals surface area contributed by atoms with Crippen molar-refractivity contribution in [3.05, 3.63) is 17.5 Å². The van der Waals surface area contributed by atoms with Crippen LogP contribution >= 0.6 is 0 Å². The lowest BCUT2D eigenvalue weighted by atomic mass is 10.2. The molecule has 0 fully saturated rings. The number of amides is 1. The van der Waals surface area contributed by atoms with Gasteiger partial charge in [0, 0.05) is 6.20 Å². The average molecular weight is 235 g/mol. The first-order valence-corrected chi connectivity index (χ1v) is 4.55. The number of alkyl halides is 3. The van der Waals surface area contributed by atoms with Crippen molar-refractivity contribution < 1.29 is 18.0 Å². The minimum atomic E-state index is -2.91. The number of aromatic nitrogens is 2. The highest BCUT2D eigenvalue weighted by atomic mass is 19.3. The Labute approximate surface area is 90.2 Å². The third-order valence-electron chi connectivity index (χ3n) is 1.80. The fraction of sp³-hybridized carbons (Fsp3) is 0.556. The summed E-state index contributed by atoms with van der Waals surface area (Å²) in [5, 5.41) is 3.44. The van der Waals surface area contributed by atoms with E-state index in [0.717, 1.165) is 10.9 Å². The van der Waals surface area contributed by atoms with Gasteiger partial charge in [-0.05, 0) is 13.8 Å². The summed E-state index contributed by atoms with van der Waals surface area (Å²) >= 11 is 0. The second-order valence-electron chi connectivity index (χ2n) is 4.01. The van der Waals surface area contributed by atoms with Gasteiger partial charge in [-0.2, -0.15) is 5.10 Å². The molecule has 0 saturated carbocycles. The number of carbonyl (C=O) groups is 1. The molecule has 0 aliphatic carbocycles. The fourth-order valence-corrected chi connectivity index (χ4v) is 1.25. The molecule has 1 amide bonds. The van der Waals surface area contributed by atoms with Crippen LogP contribution < -0.4 is 5.73 Å². The number of rotatable bonds is 4. The van der Waals surface area contributed by atoms with E-state index >= 15 is 0 Å². The molecule has 0 unspecified atom stereocenters. The fourth-order valence-electron chi connectivity index (χ4n) is 1.25. The number of carbonyl (C=O) groups excluding carboxylic acids is 1. The predicted octanol–water partition coefficient (Wildman–Crippen LogP) is 1.67. The van der Waals surface area contributed by atoms with Crippen molar-refractivity contribution in [1.82, 2.24) is 9.78 Å². The number of nitrogens with zero attached hydrogens (tertiary/aromatic N) is 2. The van der Waals surface area contributed by atoms with Crippen LogP contribution in [0, 0.1) is 0 Å². The average Bonchev–Trinajstić information content (AvgIpc) is 2.44. The van der Waals surface area contributed by atoms with Gasteiger partial charge in [-0.1, -0.05) is 0 Å². The molecule has 0 aliphatic heterocycles. The molecule has 1 aromatic heterocycles. The van der Waals surface area contributed by atoms with Gasteiger partial charge in [0.1, 0.15) is 11.4 Å². The molecular weight excluding hydrogens is 223 g/mol. The SMILES string of the molecule is CC(C)(F)Cn1cc(C(N)=O)c(C(F)F)n1. The van der Waals surface area contributed by atoms with E-state index in [-0.39, 0.29) is 12.1 Å². The first kappa shape index (κ1) is 12.5. The maximum atomic E-state index is 13.3. The third kappa shape index (κ3) is 2.98. The van der Waals surface area contributed by atoms with Gasteiger partial charge in [0.05, 0.1) is 12.1 Å². The van der Waals surface area contributed by atoms with E-state index in [2.05, 4.69) is 5.10 Å². The van der Waals surface area contributed by atoms with E-state index in [1.165, 1.54) is 13.8 Å². The lowest BCUT2D eigenvalue weighted by molar-refractivity contribution is 0.0985. The van der Waals surface area contributed by atoms with E-state index in [4.69, 9.17) is 5.73 Å². The molecule has 1 rings (SSSR count). The minimum Gasteiger partial charge on any atom is -0.365 e. The Balaban J connectivity index is 3.07. The number of hydrogen-bond donors (Lipinski definition) is 1. The Morgan fingerprint density at radius 2 is 2.19 bits per heavy atom. The molecule has 1 aromatic rings. The van der Waals surface area contributed by atoms with Gasteiger partial charge in [-0.15, -0.1) is 0 Å². The summed E-state index contributed by atoms with van der Waals surface area (Å²) in [6, 6.07) is 0. The molecule has 16 heavy (non-hydrogen) atoms. The molecule has 0 aromatic carbocycles. The molecule has 0 atom stereocenters. The van der Waals surface area contributed by atoms with Gasteiger partial charge >= 0.3 is 0 Å². The summed E-state index contributed by atoms with van der Waals surface area (Å²) in [6.45, 7) is 2.33. The molecule has 0 aliphatic rings. The smallest absolute Gasteiger partial charge is 0.282 e. The highest BCUT2D eigenvalue weighted by molar-refractivity contribution is 5.93. The Hall–Kier alpha value is -1.53.